The number of amides is 1. The van der Waals surface area contributed by atoms with Crippen LogP contribution in [0.4, 0.5) is 10.5 Å². The van der Waals surface area contributed by atoms with Crippen LogP contribution >= 0.6 is 0 Å². The van der Waals surface area contributed by atoms with Crippen molar-refractivity contribution in [2.75, 3.05) is 18.5 Å². The molecule has 0 aliphatic carbocycles. The van der Waals surface area contributed by atoms with Gasteiger partial charge >= 0.3 is 6.09 Å². The Kier molecular flexibility index (Phi) is 7.89. The summed E-state index contributed by atoms with van der Waals surface area (Å²) in [5.41, 5.74) is 0.142. The Morgan fingerprint density at radius 3 is 2.52 bits per heavy atom. The summed E-state index contributed by atoms with van der Waals surface area (Å²) in [5, 5.41) is 6.16. The van der Waals surface area contributed by atoms with E-state index >= 15 is 0 Å². The van der Waals surface area contributed by atoms with E-state index in [1.807, 2.05) is 32.9 Å². The number of anilines is 1. The van der Waals surface area contributed by atoms with Crippen LogP contribution in [0.25, 0.3) is 0 Å². The molecule has 5 heteroatoms. The van der Waals surface area contributed by atoms with E-state index in [0.717, 1.165) is 25.1 Å². The average Bonchev–Trinajstić information content (AvgIpc) is 2.46. The molecule has 0 heterocycles. The van der Waals surface area contributed by atoms with Crippen molar-refractivity contribution < 1.29 is 14.3 Å². The van der Waals surface area contributed by atoms with E-state index in [0.29, 0.717) is 18.3 Å². The van der Waals surface area contributed by atoms with Gasteiger partial charge in [-0.15, -0.1) is 0 Å². The van der Waals surface area contributed by atoms with Gasteiger partial charge in [0.2, 0.25) is 0 Å². The highest BCUT2D eigenvalue weighted by Crippen LogP contribution is 2.18. The van der Waals surface area contributed by atoms with Crippen LogP contribution in [0, 0.1) is 0 Å². The van der Waals surface area contributed by atoms with Gasteiger partial charge < -0.3 is 14.8 Å². The van der Waals surface area contributed by atoms with Crippen molar-refractivity contribution in [1.29, 1.82) is 0 Å². The summed E-state index contributed by atoms with van der Waals surface area (Å²) in [4.78, 5) is 11.8. The SMILES string of the molecule is CCC(CC)NCCOc1cccc(NC(=O)OC(C)(C)C)c1. The van der Waals surface area contributed by atoms with Crippen molar-refractivity contribution in [3.63, 3.8) is 0 Å². The molecule has 0 fully saturated rings. The fourth-order valence-electron chi connectivity index (χ4n) is 2.09. The molecular formula is C18H30N2O3. The Balaban J connectivity index is 2.43. The number of ether oxygens (including phenoxy) is 2. The topological polar surface area (TPSA) is 59.6 Å². The third kappa shape index (κ3) is 8.45. The summed E-state index contributed by atoms with van der Waals surface area (Å²) in [6, 6.07) is 7.85. The zero-order valence-corrected chi connectivity index (χ0v) is 14.9. The van der Waals surface area contributed by atoms with E-state index in [1.54, 1.807) is 12.1 Å². The van der Waals surface area contributed by atoms with Gasteiger partial charge in [0.25, 0.3) is 0 Å². The Morgan fingerprint density at radius 1 is 1.22 bits per heavy atom. The molecule has 0 radical (unpaired) electrons. The van der Waals surface area contributed by atoms with Crippen molar-refractivity contribution >= 4 is 11.8 Å². The molecule has 23 heavy (non-hydrogen) atoms. The lowest BCUT2D eigenvalue weighted by Gasteiger charge is -2.19. The van der Waals surface area contributed by atoms with Crippen molar-refractivity contribution in [1.82, 2.24) is 5.32 Å². The van der Waals surface area contributed by atoms with Crippen LogP contribution in [0.5, 0.6) is 5.75 Å². The number of carbonyl (C=O) groups excluding carboxylic acids is 1. The Bertz CT molecular complexity index is 479. The minimum Gasteiger partial charge on any atom is -0.492 e. The van der Waals surface area contributed by atoms with Gasteiger partial charge in [-0.1, -0.05) is 19.9 Å². The average molecular weight is 322 g/mol. The predicted molar refractivity (Wildman–Crippen MR) is 94.2 cm³/mol. The van der Waals surface area contributed by atoms with Crippen LogP contribution in [-0.2, 0) is 4.74 Å². The van der Waals surface area contributed by atoms with Gasteiger partial charge in [0.05, 0.1) is 0 Å². The van der Waals surface area contributed by atoms with Gasteiger partial charge in [-0.2, -0.15) is 0 Å². The first-order valence-electron chi connectivity index (χ1n) is 8.30. The molecule has 0 atom stereocenters. The Morgan fingerprint density at radius 2 is 1.91 bits per heavy atom. The van der Waals surface area contributed by atoms with E-state index in [-0.39, 0.29) is 0 Å². The lowest BCUT2D eigenvalue weighted by Crippen LogP contribution is -2.31. The van der Waals surface area contributed by atoms with Crippen LogP contribution in [0.15, 0.2) is 24.3 Å². The zero-order chi connectivity index (χ0) is 17.3. The van der Waals surface area contributed by atoms with Crippen molar-refractivity contribution in [3.05, 3.63) is 24.3 Å². The summed E-state index contributed by atoms with van der Waals surface area (Å²) in [5.74, 6) is 0.727. The van der Waals surface area contributed by atoms with Gasteiger partial charge in [-0.25, -0.2) is 4.79 Å². The van der Waals surface area contributed by atoms with Gasteiger partial charge in [-0.3, -0.25) is 5.32 Å². The number of benzene rings is 1. The summed E-state index contributed by atoms with van der Waals surface area (Å²) >= 11 is 0. The quantitative estimate of drug-likeness (QED) is 0.705. The van der Waals surface area contributed by atoms with Crippen LogP contribution in [0.1, 0.15) is 47.5 Å². The predicted octanol–water partition coefficient (Wildman–Crippen LogP) is 4.19. The summed E-state index contributed by atoms with van der Waals surface area (Å²) < 4.78 is 10.9. The molecule has 1 aromatic rings. The largest absolute Gasteiger partial charge is 0.492 e. The number of hydrogen-bond donors (Lipinski definition) is 2. The third-order valence-electron chi connectivity index (χ3n) is 3.27. The van der Waals surface area contributed by atoms with E-state index < -0.39 is 11.7 Å². The molecule has 0 aliphatic heterocycles. The molecule has 2 N–H and O–H groups in total. The normalized spacial score (nSPS) is 11.4. The van der Waals surface area contributed by atoms with E-state index in [1.165, 1.54) is 0 Å². The van der Waals surface area contributed by atoms with Crippen LogP contribution in [0.2, 0.25) is 0 Å². The maximum atomic E-state index is 11.8. The minimum atomic E-state index is -0.515. The third-order valence-corrected chi connectivity index (χ3v) is 3.27. The molecule has 5 nitrogen and oxygen atoms in total. The van der Waals surface area contributed by atoms with Gasteiger partial charge in [0.1, 0.15) is 18.0 Å². The first-order chi connectivity index (χ1) is 10.8. The highest BCUT2D eigenvalue weighted by molar-refractivity contribution is 5.85. The molecule has 0 saturated carbocycles. The lowest BCUT2D eigenvalue weighted by molar-refractivity contribution is 0.0636. The molecule has 0 spiro atoms. The molecule has 0 saturated heterocycles. The number of rotatable bonds is 8. The highest BCUT2D eigenvalue weighted by atomic mass is 16.6. The number of hydrogen-bond acceptors (Lipinski definition) is 4. The fraction of sp³-hybridized carbons (Fsp3) is 0.611. The van der Waals surface area contributed by atoms with E-state index in [4.69, 9.17) is 9.47 Å². The summed E-state index contributed by atoms with van der Waals surface area (Å²) in [7, 11) is 0. The molecule has 0 aromatic heterocycles. The second-order valence-electron chi connectivity index (χ2n) is 6.47. The molecular weight excluding hydrogens is 292 g/mol. The zero-order valence-electron chi connectivity index (χ0n) is 14.9. The van der Waals surface area contributed by atoms with Crippen molar-refractivity contribution in [2.45, 2.75) is 59.1 Å². The van der Waals surface area contributed by atoms with E-state index in [9.17, 15) is 4.79 Å². The van der Waals surface area contributed by atoms with E-state index in [2.05, 4.69) is 24.5 Å². The second kappa shape index (κ2) is 9.40. The van der Waals surface area contributed by atoms with Crippen LogP contribution in [-0.4, -0.2) is 30.9 Å². The fourth-order valence-corrected chi connectivity index (χ4v) is 2.09. The standard InChI is InChI=1S/C18H30N2O3/c1-6-14(7-2)19-11-12-22-16-10-8-9-15(13-16)20-17(21)23-18(3,4)5/h8-10,13-14,19H,6-7,11-12H2,1-5H3,(H,20,21). The second-order valence-corrected chi connectivity index (χ2v) is 6.47. The first kappa shape index (κ1) is 19.3. The summed E-state index contributed by atoms with van der Waals surface area (Å²) in [6.45, 7) is 11.2. The van der Waals surface area contributed by atoms with Gasteiger partial charge in [-0.05, 0) is 45.7 Å². The van der Waals surface area contributed by atoms with Gasteiger partial charge in [0, 0.05) is 24.3 Å². The molecule has 0 bridgehead atoms. The molecule has 0 unspecified atom stereocenters. The Labute approximate surface area is 139 Å². The molecule has 1 aromatic carbocycles. The molecule has 0 aliphatic rings. The van der Waals surface area contributed by atoms with Gasteiger partial charge in [0.15, 0.2) is 0 Å². The van der Waals surface area contributed by atoms with Crippen LogP contribution < -0.4 is 15.4 Å². The minimum absolute atomic E-state index is 0.468. The number of carbonyl (C=O) groups is 1. The smallest absolute Gasteiger partial charge is 0.412 e. The lowest BCUT2D eigenvalue weighted by atomic mass is 10.2. The molecule has 130 valence electrons. The molecule has 1 rings (SSSR count). The molecule has 1 amide bonds. The first-order valence-corrected chi connectivity index (χ1v) is 8.30. The van der Waals surface area contributed by atoms with Crippen molar-refractivity contribution in [2.24, 2.45) is 0 Å². The Hall–Kier alpha value is -1.75. The monoisotopic (exact) mass is 322 g/mol. The maximum absolute atomic E-state index is 11.8. The van der Waals surface area contributed by atoms with Crippen molar-refractivity contribution in [3.8, 4) is 5.75 Å². The maximum Gasteiger partial charge on any atom is 0.412 e. The number of nitrogens with one attached hydrogen (secondary N) is 2. The van der Waals surface area contributed by atoms with Crippen LogP contribution in [0.3, 0.4) is 0 Å². The highest BCUT2D eigenvalue weighted by Gasteiger charge is 2.16. The summed E-state index contributed by atoms with van der Waals surface area (Å²) in [6.07, 6.45) is 1.77.